The molecule has 8 heteroatoms. The lowest BCUT2D eigenvalue weighted by Gasteiger charge is -2.46. The van der Waals surface area contributed by atoms with Gasteiger partial charge in [-0.3, -0.25) is 14.5 Å². The summed E-state index contributed by atoms with van der Waals surface area (Å²) in [6, 6.07) is 11.7. The van der Waals surface area contributed by atoms with Crippen LogP contribution in [0.15, 0.2) is 48.7 Å². The topological polar surface area (TPSA) is 94.6 Å². The number of pyridine rings is 1. The van der Waals surface area contributed by atoms with Crippen LogP contribution in [-0.4, -0.2) is 53.9 Å². The Morgan fingerprint density at radius 3 is 2.53 bits per heavy atom. The predicted octanol–water partition coefficient (Wildman–Crippen LogP) is 4.22. The summed E-state index contributed by atoms with van der Waals surface area (Å²) >= 11 is 0. The zero-order valence-corrected chi connectivity index (χ0v) is 21.4. The van der Waals surface area contributed by atoms with Crippen LogP contribution < -0.4 is 15.5 Å². The molecule has 0 bridgehead atoms. The molecule has 3 atom stereocenters. The van der Waals surface area contributed by atoms with Crippen LogP contribution in [0, 0.1) is 11.8 Å². The third-order valence-corrected chi connectivity index (χ3v) is 7.66. The van der Waals surface area contributed by atoms with Gasteiger partial charge >= 0.3 is 6.03 Å². The molecule has 2 heterocycles. The minimum absolute atomic E-state index is 0.00522. The van der Waals surface area contributed by atoms with Crippen LogP contribution in [0.2, 0.25) is 0 Å². The van der Waals surface area contributed by atoms with Gasteiger partial charge in [-0.15, -0.1) is 0 Å². The van der Waals surface area contributed by atoms with Crippen LogP contribution in [-0.2, 0) is 16.0 Å². The highest BCUT2D eigenvalue weighted by Crippen LogP contribution is 2.34. The standard InChI is InChI=1S/C28H37N5O3/c1-4-23(20-11-7-5-8-12-20)31-28(36)33-25(27(35)32(3)21-13-9-6-10-14-21)22(26(33)34)17-19-15-16-30-24(18-19)29-2/h6,9-10,13-16,18,20,22-23,25H,4-5,7-8,11-12,17H2,1-3H3,(H,29,30)(H,31,36)/t22-,23?,25+/m1/s1. The van der Waals surface area contributed by atoms with Crippen molar-refractivity contribution in [2.24, 2.45) is 11.8 Å². The predicted molar refractivity (Wildman–Crippen MR) is 141 cm³/mol. The van der Waals surface area contributed by atoms with Crippen LogP contribution >= 0.6 is 0 Å². The third kappa shape index (κ3) is 5.37. The number of likely N-dealkylation sites (N-methyl/N-ethyl adjacent to an activating group) is 1. The van der Waals surface area contributed by atoms with Gasteiger partial charge in [0.2, 0.25) is 5.91 Å². The summed E-state index contributed by atoms with van der Waals surface area (Å²) in [5, 5.41) is 6.11. The molecule has 1 aromatic carbocycles. The van der Waals surface area contributed by atoms with E-state index >= 15 is 0 Å². The Hall–Kier alpha value is -3.42. The number of aromatic nitrogens is 1. The summed E-state index contributed by atoms with van der Waals surface area (Å²) in [5.41, 5.74) is 1.61. The van der Waals surface area contributed by atoms with Crippen molar-refractivity contribution in [2.45, 2.75) is 64.0 Å². The van der Waals surface area contributed by atoms with Crippen LogP contribution in [0.5, 0.6) is 0 Å². The van der Waals surface area contributed by atoms with Crippen molar-refractivity contribution in [3.05, 3.63) is 54.2 Å². The fourth-order valence-electron chi connectivity index (χ4n) is 5.54. The number of amides is 4. The number of para-hydroxylation sites is 1. The lowest BCUT2D eigenvalue weighted by Crippen LogP contribution is -2.71. The summed E-state index contributed by atoms with van der Waals surface area (Å²) in [6.07, 6.45) is 8.59. The van der Waals surface area contributed by atoms with Gasteiger partial charge in [0.1, 0.15) is 11.9 Å². The number of benzene rings is 1. The van der Waals surface area contributed by atoms with Crippen LogP contribution in [0.4, 0.5) is 16.3 Å². The van der Waals surface area contributed by atoms with Crippen molar-refractivity contribution in [3.8, 4) is 0 Å². The maximum absolute atomic E-state index is 13.7. The normalized spacial score (nSPS) is 20.9. The molecule has 8 nitrogen and oxygen atoms in total. The van der Waals surface area contributed by atoms with E-state index < -0.39 is 18.0 Å². The van der Waals surface area contributed by atoms with Crippen molar-refractivity contribution in [2.75, 3.05) is 24.3 Å². The van der Waals surface area contributed by atoms with Crippen LogP contribution in [0.3, 0.4) is 0 Å². The Morgan fingerprint density at radius 2 is 1.86 bits per heavy atom. The molecule has 4 amide bonds. The number of nitrogens with one attached hydrogen (secondary N) is 2. The first-order valence-corrected chi connectivity index (χ1v) is 13.0. The zero-order chi connectivity index (χ0) is 25.7. The first-order chi connectivity index (χ1) is 17.4. The van der Waals surface area contributed by atoms with E-state index in [1.165, 1.54) is 24.2 Å². The molecule has 2 fully saturated rings. The molecule has 4 rings (SSSR count). The monoisotopic (exact) mass is 491 g/mol. The number of urea groups is 1. The Bertz CT molecular complexity index is 1070. The molecule has 1 aromatic heterocycles. The third-order valence-electron chi connectivity index (χ3n) is 7.66. The van der Waals surface area contributed by atoms with E-state index in [1.807, 2.05) is 42.5 Å². The SMILES string of the molecule is CCC(NC(=O)N1C(=O)[C@H](Cc2ccnc(NC)c2)[C@H]1C(=O)N(C)c1ccccc1)C1CCCCC1. The molecule has 1 saturated carbocycles. The number of rotatable bonds is 8. The van der Waals surface area contributed by atoms with Gasteiger partial charge in [-0.2, -0.15) is 0 Å². The van der Waals surface area contributed by atoms with Gasteiger partial charge in [0.05, 0.1) is 5.92 Å². The number of imide groups is 1. The minimum Gasteiger partial charge on any atom is -0.373 e. The lowest BCUT2D eigenvalue weighted by molar-refractivity contribution is -0.156. The maximum Gasteiger partial charge on any atom is 0.325 e. The molecule has 1 aliphatic heterocycles. The number of hydrogen-bond donors (Lipinski definition) is 2. The number of likely N-dealkylation sites (tertiary alicyclic amines) is 1. The molecule has 192 valence electrons. The van der Waals surface area contributed by atoms with E-state index in [2.05, 4.69) is 22.5 Å². The molecule has 2 aromatic rings. The highest BCUT2D eigenvalue weighted by Gasteiger charge is 2.55. The highest BCUT2D eigenvalue weighted by atomic mass is 16.2. The minimum atomic E-state index is -0.863. The quantitative estimate of drug-likeness (QED) is 0.539. The first-order valence-electron chi connectivity index (χ1n) is 13.0. The van der Waals surface area contributed by atoms with Crippen molar-refractivity contribution in [1.29, 1.82) is 0 Å². The van der Waals surface area contributed by atoms with Crippen molar-refractivity contribution >= 4 is 29.4 Å². The number of hydrogen-bond acceptors (Lipinski definition) is 5. The summed E-state index contributed by atoms with van der Waals surface area (Å²) < 4.78 is 0. The second kappa shape index (κ2) is 11.5. The number of carbonyl (C=O) groups excluding carboxylic acids is 3. The molecule has 2 N–H and O–H groups in total. The number of anilines is 2. The molecule has 2 aliphatic rings. The highest BCUT2D eigenvalue weighted by molar-refractivity contribution is 6.12. The smallest absolute Gasteiger partial charge is 0.325 e. The largest absolute Gasteiger partial charge is 0.373 e. The van der Waals surface area contributed by atoms with Gasteiger partial charge in [-0.1, -0.05) is 44.4 Å². The molecule has 36 heavy (non-hydrogen) atoms. The van der Waals surface area contributed by atoms with Gasteiger partial charge in [0.25, 0.3) is 5.91 Å². The van der Waals surface area contributed by atoms with E-state index in [0.29, 0.717) is 18.2 Å². The van der Waals surface area contributed by atoms with E-state index in [-0.39, 0.29) is 17.9 Å². The summed E-state index contributed by atoms with van der Waals surface area (Å²) in [7, 11) is 3.47. The van der Waals surface area contributed by atoms with Crippen LogP contribution in [0.1, 0.15) is 51.0 Å². The lowest BCUT2D eigenvalue weighted by atomic mass is 9.81. The van der Waals surface area contributed by atoms with Gasteiger partial charge < -0.3 is 15.5 Å². The molecule has 0 spiro atoms. The second-order valence-corrected chi connectivity index (χ2v) is 9.86. The zero-order valence-electron chi connectivity index (χ0n) is 21.4. The fourth-order valence-corrected chi connectivity index (χ4v) is 5.54. The molecular weight excluding hydrogens is 454 g/mol. The molecular formula is C28H37N5O3. The fraction of sp³-hybridized carbons (Fsp3) is 0.500. The number of nitrogens with zero attached hydrogens (tertiary/aromatic N) is 3. The summed E-state index contributed by atoms with van der Waals surface area (Å²) in [4.78, 5) is 47.4. The molecule has 1 unspecified atom stereocenters. The van der Waals surface area contributed by atoms with Gasteiger partial charge in [-0.25, -0.2) is 9.78 Å². The molecule has 1 saturated heterocycles. The number of β-lactam (4-membered cyclic amide) rings is 1. The average molecular weight is 492 g/mol. The van der Waals surface area contributed by atoms with Crippen molar-refractivity contribution in [3.63, 3.8) is 0 Å². The Morgan fingerprint density at radius 1 is 1.14 bits per heavy atom. The van der Waals surface area contributed by atoms with Crippen LogP contribution in [0.25, 0.3) is 0 Å². The first kappa shape index (κ1) is 25.7. The Balaban J connectivity index is 1.56. The Kier molecular flexibility index (Phi) is 8.23. The van der Waals surface area contributed by atoms with Gasteiger partial charge in [0.15, 0.2) is 0 Å². The Labute approximate surface area is 213 Å². The average Bonchev–Trinajstić information content (AvgIpc) is 2.93. The summed E-state index contributed by atoms with van der Waals surface area (Å²) in [5.74, 6) is -0.0892. The maximum atomic E-state index is 13.7. The van der Waals surface area contributed by atoms with Crippen molar-refractivity contribution < 1.29 is 14.4 Å². The van der Waals surface area contributed by atoms with Gasteiger partial charge in [-0.05, 0) is 61.4 Å². The van der Waals surface area contributed by atoms with E-state index in [4.69, 9.17) is 0 Å². The summed E-state index contributed by atoms with van der Waals surface area (Å²) in [6.45, 7) is 2.06. The second-order valence-electron chi connectivity index (χ2n) is 9.86. The molecule has 0 radical (unpaired) electrons. The molecule has 1 aliphatic carbocycles. The van der Waals surface area contributed by atoms with E-state index in [1.54, 1.807) is 20.3 Å². The van der Waals surface area contributed by atoms with E-state index in [0.717, 1.165) is 35.4 Å². The van der Waals surface area contributed by atoms with E-state index in [9.17, 15) is 14.4 Å². The number of carbonyl (C=O) groups is 3. The van der Waals surface area contributed by atoms with Gasteiger partial charge in [0, 0.05) is 32.0 Å². The van der Waals surface area contributed by atoms with Crippen molar-refractivity contribution in [1.82, 2.24) is 15.2 Å².